The van der Waals surface area contributed by atoms with Crippen molar-refractivity contribution < 1.29 is 18.7 Å². The number of methoxy groups -OCH3 is 1. The summed E-state index contributed by atoms with van der Waals surface area (Å²) < 4.78 is 28.0. The van der Waals surface area contributed by atoms with Gasteiger partial charge in [0.05, 0.1) is 35.9 Å². The molecule has 192 valence electrons. The molecular weight excluding hydrogens is 477 g/mol. The van der Waals surface area contributed by atoms with Gasteiger partial charge in [-0.1, -0.05) is 6.58 Å². The Hall–Kier alpha value is -4.51. The van der Waals surface area contributed by atoms with Crippen LogP contribution in [0.25, 0.3) is 22.2 Å². The van der Waals surface area contributed by atoms with Crippen LogP contribution < -0.4 is 20.1 Å². The molecule has 4 aromatic rings. The van der Waals surface area contributed by atoms with Crippen molar-refractivity contribution in [2.45, 2.75) is 0 Å². The summed E-state index contributed by atoms with van der Waals surface area (Å²) in [6.07, 6.45) is 4.19. The molecule has 1 amide bonds. The number of hydrogen-bond acceptors (Lipinski definition) is 8. The summed E-state index contributed by atoms with van der Waals surface area (Å²) >= 11 is 0. The highest BCUT2D eigenvalue weighted by atomic mass is 19.1. The SMILES string of the molecule is C=CC(=O)Nc1cc(Nc2cc(-c3cc4cnn(C)c4cc3F)ncn2)c(OC)cc1OCCN(C)C. The van der Waals surface area contributed by atoms with Crippen molar-refractivity contribution in [3.8, 4) is 22.8 Å². The number of anilines is 3. The lowest BCUT2D eigenvalue weighted by Gasteiger charge is -2.18. The Morgan fingerprint density at radius 1 is 1.16 bits per heavy atom. The number of fused-ring (bicyclic) bond motifs is 1. The van der Waals surface area contributed by atoms with Gasteiger partial charge in [0.25, 0.3) is 0 Å². The number of likely N-dealkylation sites (N-methyl/N-ethyl adjacent to an activating group) is 1. The Kier molecular flexibility index (Phi) is 7.63. The Morgan fingerprint density at radius 2 is 1.97 bits per heavy atom. The Balaban J connectivity index is 1.67. The number of benzene rings is 2. The van der Waals surface area contributed by atoms with Crippen LogP contribution in [-0.4, -0.2) is 64.9 Å². The average molecular weight is 506 g/mol. The molecule has 11 heteroatoms. The molecule has 0 saturated carbocycles. The van der Waals surface area contributed by atoms with E-state index in [0.29, 0.717) is 58.6 Å². The summed E-state index contributed by atoms with van der Waals surface area (Å²) in [5.41, 5.74) is 2.33. The third-order valence-electron chi connectivity index (χ3n) is 5.58. The Morgan fingerprint density at radius 3 is 2.70 bits per heavy atom. The fraction of sp³-hybridized carbons (Fsp3) is 0.231. The fourth-order valence-corrected chi connectivity index (χ4v) is 3.65. The lowest BCUT2D eigenvalue weighted by Crippen LogP contribution is -2.20. The molecule has 0 saturated heterocycles. The van der Waals surface area contributed by atoms with Crippen molar-refractivity contribution in [1.82, 2.24) is 24.6 Å². The number of nitrogens with one attached hydrogen (secondary N) is 2. The third kappa shape index (κ3) is 5.84. The first-order chi connectivity index (χ1) is 17.8. The molecule has 0 unspecified atom stereocenters. The number of halogens is 1. The highest BCUT2D eigenvalue weighted by Gasteiger charge is 2.16. The van der Waals surface area contributed by atoms with Crippen LogP contribution in [0, 0.1) is 5.82 Å². The highest BCUT2D eigenvalue weighted by Crippen LogP contribution is 2.38. The minimum absolute atomic E-state index is 0.321. The van der Waals surface area contributed by atoms with Crippen molar-refractivity contribution in [3.05, 3.63) is 61.3 Å². The molecule has 0 aliphatic carbocycles. The second-order valence-corrected chi connectivity index (χ2v) is 8.47. The van der Waals surface area contributed by atoms with Gasteiger partial charge in [-0.05, 0) is 32.3 Å². The van der Waals surface area contributed by atoms with Crippen LogP contribution in [0.2, 0.25) is 0 Å². The molecule has 0 atom stereocenters. The van der Waals surface area contributed by atoms with Gasteiger partial charge < -0.3 is 25.0 Å². The number of carbonyl (C=O) groups is 1. The number of aryl methyl sites for hydroxylation is 1. The molecule has 4 rings (SSSR count). The molecule has 2 aromatic carbocycles. The number of hydrogen-bond donors (Lipinski definition) is 2. The van der Waals surface area contributed by atoms with E-state index in [9.17, 15) is 9.18 Å². The largest absolute Gasteiger partial charge is 0.494 e. The number of aromatic nitrogens is 4. The molecule has 2 N–H and O–H groups in total. The van der Waals surface area contributed by atoms with Crippen LogP contribution >= 0.6 is 0 Å². The van der Waals surface area contributed by atoms with E-state index in [1.165, 1.54) is 25.6 Å². The van der Waals surface area contributed by atoms with Gasteiger partial charge in [-0.25, -0.2) is 14.4 Å². The standard InChI is InChI=1S/C26H28FN7O3/c1-6-26(35)32-21-11-20(23(36-5)13-24(21)37-8-7-33(2)3)31-25-12-19(28-15-29-25)17-9-16-14-30-34(4)22(16)10-18(17)27/h6,9-15H,1,7-8H2,2-5H3,(H,32,35)(H,28,29,31). The van der Waals surface area contributed by atoms with Crippen molar-refractivity contribution >= 4 is 34.0 Å². The molecule has 10 nitrogen and oxygen atoms in total. The molecule has 2 aromatic heterocycles. The minimum atomic E-state index is -0.424. The predicted molar refractivity (Wildman–Crippen MR) is 141 cm³/mol. The number of carbonyl (C=O) groups excluding carboxylic acids is 1. The quantitative estimate of drug-likeness (QED) is 0.312. The van der Waals surface area contributed by atoms with Gasteiger partial charge in [-0.3, -0.25) is 9.48 Å². The van der Waals surface area contributed by atoms with Crippen molar-refractivity contribution in [1.29, 1.82) is 0 Å². The summed E-state index contributed by atoms with van der Waals surface area (Å²) in [6.45, 7) is 4.60. The van der Waals surface area contributed by atoms with Gasteiger partial charge in [-0.2, -0.15) is 5.10 Å². The zero-order valence-electron chi connectivity index (χ0n) is 21.1. The molecule has 2 heterocycles. The van der Waals surface area contributed by atoms with E-state index in [4.69, 9.17) is 9.47 Å². The van der Waals surface area contributed by atoms with Gasteiger partial charge in [0.1, 0.15) is 36.1 Å². The van der Waals surface area contributed by atoms with Crippen LogP contribution in [0.5, 0.6) is 11.5 Å². The Labute approximate surface area is 213 Å². The molecule has 0 aliphatic rings. The maximum atomic E-state index is 14.9. The van der Waals surface area contributed by atoms with Crippen LogP contribution in [0.3, 0.4) is 0 Å². The summed E-state index contributed by atoms with van der Waals surface area (Å²) in [4.78, 5) is 22.6. The lowest BCUT2D eigenvalue weighted by atomic mass is 10.1. The maximum Gasteiger partial charge on any atom is 0.247 e. The van der Waals surface area contributed by atoms with Gasteiger partial charge in [0.15, 0.2) is 0 Å². The second-order valence-electron chi connectivity index (χ2n) is 8.47. The zero-order valence-corrected chi connectivity index (χ0v) is 21.1. The summed E-state index contributed by atoms with van der Waals surface area (Å²) in [7, 11) is 7.16. The van der Waals surface area contributed by atoms with E-state index < -0.39 is 5.82 Å². The predicted octanol–water partition coefficient (Wildman–Crippen LogP) is 3.99. The van der Waals surface area contributed by atoms with Crippen molar-refractivity contribution in [3.63, 3.8) is 0 Å². The molecule has 0 spiro atoms. The normalized spacial score (nSPS) is 11.0. The second kappa shape index (κ2) is 11.0. The first kappa shape index (κ1) is 25.6. The van der Waals surface area contributed by atoms with E-state index in [2.05, 4.69) is 32.3 Å². The van der Waals surface area contributed by atoms with E-state index in [-0.39, 0.29) is 5.91 Å². The van der Waals surface area contributed by atoms with Crippen LogP contribution in [0.4, 0.5) is 21.6 Å². The van der Waals surface area contributed by atoms with E-state index in [0.717, 1.165) is 5.39 Å². The van der Waals surface area contributed by atoms with Gasteiger partial charge in [0.2, 0.25) is 5.91 Å². The first-order valence-corrected chi connectivity index (χ1v) is 11.4. The summed E-state index contributed by atoms with van der Waals surface area (Å²) in [5, 5.41) is 10.9. The maximum absolute atomic E-state index is 14.9. The molecule has 37 heavy (non-hydrogen) atoms. The summed E-state index contributed by atoms with van der Waals surface area (Å²) in [5.74, 6) is 0.483. The molecule has 0 fully saturated rings. The summed E-state index contributed by atoms with van der Waals surface area (Å²) in [6, 6.07) is 8.11. The van der Waals surface area contributed by atoms with E-state index in [1.807, 2.05) is 19.0 Å². The smallest absolute Gasteiger partial charge is 0.247 e. The van der Waals surface area contributed by atoms with E-state index in [1.54, 1.807) is 42.2 Å². The molecule has 0 aliphatic heterocycles. The zero-order chi connectivity index (χ0) is 26.5. The van der Waals surface area contributed by atoms with Crippen molar-refractivity contribution in [2.75, 3.05) is 45.0 Å². The Bertz CT molecular complexity index is 1450. The average Bonchev–Trinajstić information content (AvgIpc) is 3.23. The van der Waals surface area contributed by atoms with Crippen LogP contribution in [0.1, 0.15) is 0 Å². The van der Waals surface area contributed by atoms with Crippen LogP contribution in [-0.2, 0) is 11.8 Å². The number of nitrogens with zero attached hydrogens (tertiary/aromatic N) is 5. The highest BCUT2D eigenvalue weighted by molar-refractivity contribution is 6.00. The minimum Gasteiger partial charge on any atom is -0.494 e. The lowest BCUT2D eigenvalue weighted by molar-refractivity contribution is -0.111. The van der Waals surface area contributed by atoms with Crippen LogP contribution in [0.15, 0.2) is 55.5 Å². The number of ether oxygens (including phenoxy) is 2. The third-order valence-corrected chi connectivity index (χ3v) is 5.58. The molecule has 0 radical (unpaired) electrons. The van der Waals surface area contributed by atoms with Gasteiger partial charge in [0, 0.05) is 42.7 Å². The number of amides is 1. The van der Waals surface area contributed by atoms with Crippen molar-refractivity contribution in [2.24, 2.45) is 7.05 Å². The number of rotatable bonds is 10. The van der Waals surface area contributed by atoms with Gasteiger partial charge >= 0.3 is 0 Å². The van der Waals surface area contributed by atoms with E-state index >= 15 is 0 Å². The topological polar surface area (TPSA) is 106 Å². The first-order valence-electron chi connectivity index (χ1n) is 11.4. The molecule has 0 bridgehead atoms. The van der Waals surface area contributed by atoms with Gasteiger partial charge in [-0.15, -0.1) is 0 Å². The fourth-order valence-electron chi connectivity index (χ4n) is 3.65. The monoisotopic (exact) mass is 505 g/mol. The molecular formula is C26H28FN7O3.